The molecule has 0 N–H and O–H groups in total. The molecule has 1 aromatic carbocycles. The number of carbonyl (C=O) groups is 1. The zero-order valence-corrected chi connectivity index (χ0v) is 11.3. The summed E-state index contributed by atoms with van der Waals surface area (Å²) in [5.41, 5.74) is 3.12. The Bertz CT molecular complexity index is 564. The van der Waals surface area contributed by atoms with Crippen LogP contribution in [0.15, 0.2) is 24.5 Å². The molecular weight excluding hydrogens is 250 g/mol. The van der Waals surface area contributed by atoms with Crippen molar-refractivity contribution in [1.82, 2.24) is 14.5 Å². The zero-order valence-electron chi connectivity index (χ0n) is 10.6. The maximum absolute atomic E-state index is 11.6. The van der Waals surface area contributed by atoms with Gasteiger partial charge in [0.15, 0.2) is 0 Å². The molecular formula is C13H16ClN3O. The van der Waals surface area contributed by atoms with Crippen molar-refractivity contribution in [3.63, 3.8) is 0 Å². The zero-order chi connectivity index (χ0) is 13.1. The Morgan fingerprint density at radius 1 is 1.50 bits per heavy atom. The van der Waals surface area contributed by atoms with Crippen LogP contribution in [0.4, 0.5) is 0 Å². The summed E-state index contributed by atoms with van der Waals surface area (Å²) in [7, 11) is 3.75. The topological polar surface area (TPSA) is 38.1 Å². The fraction of sp³-hybridized carbons (Fsp3) is 0.385. The Balaban J connectivity index is 2.14. The quantitative estimate of drug-likeness (QED) is 0.795. The summed E-state index contributed by atoms with van der Waals surface area (Å²) in [5, 5.41) is 0. The molecule has 5 heteroatoms. The van der Waals surface area contributed by atoms with Crippen LogP contribution in [0.1, 0.15) is 12.0 Å². The smallest absolute Gasteiger partial charge is 0.223 e. The number of aromatic nitrogens is 2. The molecule has 0 aliphatic rings. The third-order valence-corrected chi connectivity index (χ3v) is 3.13. The van der Waals surface area contributed by atoms with E-state index in [0.717, 1.165) is 16.6 Å². The van der Waals surface area contributed by atoms with Crippen molar-refractivity contribution in [2.45, 2.75) is 13.0 Å². The number of imidazole rings is 1. The lowest BCUT2D eigenvalue weighted by Crippen LogP contribution is -2.26. The molecule has 2 aromatic rings. The standard InChI is InChI=1S/C13H16ClN3O/c1-16(13(18)5-6-14)8-10-3-4-12-11(7-10)15-9-17(12)2/h3-4,7,9H,5-6,8H2,1-2H3. The van der Waals surface area contributed by atoms with Crippen LogP contribution in [-0.4, -0.2) is 33.3 Å². The minimum Gasteiger partial charge on any atom is -0.341 e. The SMILES string of the molecule is CN(Cc1ccc2c(c1)ncn2C)C(=O)CCCl. The Kier molecular flexibility index (Phi) is 3.87. The first kappa shape index (κ1) is 12.9. The fourth-order valence-corrected chi connectivity index (χ4v) is 2.08. The van der Waals surface area contributed by atoms with E-state index in [4.69, 9.17) is 11.6 Å². The van der Waals surface area contributed by atoms with Crippen LogP contribution in [0.2, 0.25) is 0 Å². The highest BCUT2D eigenvalue weighted by atomic mass is 35.5. The minimum absolute atomic E-state index is 0.0612. The van der Waals surface area contributed by atoms with Crippen LogP contribution in [-0.2, 0) is 18.4 Å². The molecule has 96 valence electrons. The molecule has 4 nitrogen and oxygen atoms in total. The van der Waals surface area contributed by atoms with Gasteiger partial charge in [0.1, 0.15) is 0 Å². The van der Waals surface area contributed by atoms with Gasteiger partial charge >= 0.3 is 0 Å². The number of alkyl halides is 1. The van der Waals surface area contributed by atoms with Crippen molar-refractivity contribution in [2.75, 3.05) is 12.9 Å². The molecule has 0 radical (unpaired) electrons. The van der Waals surface area contributed by atoms with Crippen LogP contribution >= 0.6 is 11.6 Å². The van der Waals surface area contributed by atoms with Crippen molar-refractivity contribution < 1.29 is 4.79 Å². The molecule has 2 rings (SSSR count). The Morgan fingerprint density at radius 3 is 3.00 bits per heavy atom. The molecule has 1 aromatic heterocycles. The lowest BCUT2D eigenvalue weighted by atomic mass is 10.2. The van der Waals surface area contributed by atoms with Gasteiger partial charge in [0.05, 0.1) is 17.4 Å². The molecule has 18 heavy (non-hydrogen) atoms. The number of hydrogen-bond donors (Lipinski definition) is 0. The number of fused-ring (bicyclic) bond motifs is 1. The van der Waals surface area contributed by atoms with Crippen LogP contribution in [0.5, 0.6) is 0 Å². The van der Waals surface area contributed by atoms with Gasteiger partial charge in [-0.1, -0.05) is 6.07 Å². The van der Waals surface area contributed by atoms with Crippen molar-refractivity contribution in [3.05, 3.63) is 30.1 Å². The van der Waals surface area contributed by atoms with Crippen molar-refractivity contribution in [2.24, 2.45) is 7.05 Å². The predicted molar refractivity (Wildman–Crippen MR) is 72.5 cm³/mol. The monoisotopic (exact) mass is 265 g/mol. The average molecular weight is 266 g/mol. The van der Waals surface area contributed by atoms with Crippen LogP contribution in [0, 0.1) is 0 Å². The van der Waals surface area contributed by atoms with Gasteiger partial charge in [0, 0.05) is 32.9 Å². The minimum atomic E-state index is 0.0612. The predicted octanol–water partition coefficient (Wildman–Crippen LogP) is 2.16. The Hall–Kier alpha value is -1.55. The van der Waals surface area contributed by atoms with Crippen LogP contribution < -0.4 is 0 Å². The molecule has 0 saturated heterocycles. The van der Waals surface area contributed by atoms with Gasteiger partial charge in [-0.25, -0.2) is 4.98 Å². The first-order valence-corrected chi connectivity index (χ1v) is 6.35. The number of hydrogen-bond acceptors (Lipinski definition) is 2. The van der Waals surface area contributed by atoms with E-state index in [1.807, 2.05) is 29.8 Å². The first-order chi connectivity index (χ1) is 8.61. The van der Waals surface area contributed by atoms with E-state index in [0.29, 0.717) is 18.8 Å². The third kappa shape index (κ3) is 2.64. The third-order valence-electron chi connectivity index (χ3n) is 2.94. The molecule has 0 aliphatic carbocycles. The summed E-state index contributed by atoms with van der Waals surface area (Å²) in [5.74, 6) is 0.425. The number of halogens is 1. The van der Waals surface area contributed by atoms with Gasteiger partial charge in [-0.15, -0.1) is 11.6 Å². The number of rotatable bonds is 4. The lowest BCUT2D eigenvalue weighted by molar-refractivity contribution is -0.129. The summed E-state index contributed by atoms with van der Waals surface area (Å²) >= 11 is 5.56. The highest BCUT2D eigenvalue weighted by molar-refractivity contribution is 6.18. The maximum Gasteiger partial charge on any atom is 0.223 e. The second kappa shape index (κ2) is 5.40. The number of amides is 1. The second-order valence-electron chi connectivity index (χ2n) is 4.37. The van der Waals surface area contributed by atoms with Crippen molar-refractivity contribution >= 4 is 28.5 Å². The molecule has 0 spiro atoms. The molecule has 1 amide bonds. The fourth-order valence-electron chi connectivity index (χ4n) is 1.91. The molecule has 1 heterocycles. The summed E-state index contributed by atoms with van der Waals surface area (Å²) in [4.78, 5) is 17.6. The van der Waals surface area contributed by atoms with E-state index in [9.17, 15) is 4.79 Å². The molecule has 0 fully saturated rings. The summed E-state index contributed by atoms with van der Waals surface area (Å²) in [6.45, 7) is 0.586. The van der Waals surface area contributed by atoms with E-state index in [-0.39, 0.29) is 5.91 Å². The van der Waals surface area contributed by atoms with E-state index in [1.165, 1.54) is 0 Å². The van der Waals surface area contributed by atoms with E-state index >= 15 is 0 Å². The highest BCUT2D eigenvalue weighted by Crippen LogP contribution is 2.15. The maximum atomic E-state index is 11.6. The molecule has 0 saturated carbocycles. The van der Waals surface area contributed by atoms with Gasteiger partial charge in [-0.2, -0.15) is 0 Å². The molecule has 0 unspecified atom stereocenters. The summed E-state index contributed by atoms with van der Waals surface area (Å²) in [6.07, 6.45) is 2.17. The van der Waals surface area contributed by atoms with Gasteiger partial charge in [-0.05, 0) is 17.7 Å². The van der Waals surface area contributed by atoms with Crippen molar-refractivity contribution in [1.29, 1.82) is 0 Å². The van der Waals surface area contributed by atoms with E-state index in [2.05, 4.69) is 4.98 Å². The van der Waals surface area contributed by atoms with Crippen LogP contribution in [0.3, 0.4) is 0 Å². The lowest BCUT2D eigenvalue weighted by Gasteiger charge is -2.16. The van der Waals surface area contributed by atoms with Gasteiger partial charge < -0.3 is 9.47 Å². The number of nitrogens with zero attached hydrogens (tertiary/aromatic N) is 3. The Labute approximate surface area is 111 Å². The van der Waals surface area contributed by atoms with Gasteiger partial charge in [0.25, 0.3) is 0 Å². The second-order valence-corrected chi connectivity index (χ2v) is 4.75. The normalized spacial score (nSPS) is 10.8. The number of benzene rings is 1. The first-order valence-electron chi connectivity index (χ1n) is 5.81. The summed E-state index contributed by atoms with van der Waals surface area (Å²) in [6, 6.07) is 6.06. The average Bonchev–Trinajstić information content (AvgIpc) is 2.71. The highest BCUT2D eigenvalue weighted by Gasteiger charge is 2.09. The molecule has 0 atom stereocenters. The van der Waals surface area contributed by atoms with Crippen molar-refractivity contribution in [3.8, 4) is 0 Å². The van der Waals surface area contributed by atoms with Gasteiger partial charge in [-0.3, -0.25) is 4.79 Å². The summed E-state index contributed by atoms with van der Waals surface area (Å²) < 4.78 is 1.97. The van der Waals surface area contributed by atoms with E-state index in [1.54, 1.807) is 18.3 Å². The van der Waals surface area contributed by atoms with Gasteiger partial charge in [0.2, 0.25) is 5.91 Å². The molecule has 0 aliphatic heterocycles. The largest absolute Gasteiger partial charge is 0.341 e. The Morgan fingerprint density at radius 2 is 2.28 bits per heavy atom. The van der Waals surface area contributed by atoms with E-state index < -0.39 is 0 Å². The number of carbonyl (C=O) groups excluding carboxylic acids is 1. The number of aryl methyl sites for hydroxylation is 1. The molecule has 0 bridgehead atoms. The van der Waals surface area contributed by atoms with Crippen LogP contribution in [0.25, 0.3) is 11.0 Å².